The van der Waals surface area contributed by atoms with Crippen LogP contribution in [0.1, 0.15) is 36.2 Å². The minimum atomic E-state index is -0.573. The van der Waals surface area contributed by atoms with Gasteiger partial charge in [0.1, 0.15) is 6.67 Å². The molecule has 0 atom stereocenters. The Morgan fingerprint density at radius 1 is 1.30 bits per heavy atom. The number of nitrogens with one attached hydrogen (secondary N) is 2. The fraction of sp³-hybridized carbons (Fsp3) is 0.533. The summed E-state index contributed by atoms with van der Waals surface area (Å²) in [5.41, 5.74) is 2.37. The van der Waals surface area contributed by atoms with Crippen molar-refractivity contribution in [3.05, 3.63) is 28.2 Å². The number of nitrogens with zero attached hydrogens (tertiary/aromatic N) is 2. The van der Waals surface area contributed by atoms with Gasteiger partial charge in [0.15, 0.2) is 11.4 Å². The lowest BCUT2D eigenvalue weighted by Gasteiger charge is -2.45. The van der Waals surface area contributed by atoms with E-state index in [1.54, 1.807) is 4.90 Å². The number of amides is 2. The summed E-state index contributed by atoms with van der Waals surface area (Å²) in [4.78, 5) is 37.4. The Morgan fingerprint density at radius 2 is 2.04 bits per heavy atom. The highest BCUT2D eigenvalue weighted by Gasteiger charge is 2.41. The first kappa shape index (κ1) is 14.1. The number of carbonyl (C=O) groups excluding carboxylic acids is 2. The predicted octanol–water partition coefficient (Wildman–Crippen LogP) is -0.432. The van der Waals surface area contributed by atoms with Crippen LogP contribution >= 0.6 is 0 Å². The van der Waals surface area contributed by atoms with Crippen LogP contribution in [0.4, 0.5) is 0 Å². The van der Waals surface area contributed by atoms with Crippen molar-refractivity contribution < 1.29 is 14.7 Å². The van der Waals surface area contributed by atoms with Crippen LogP contribution in [0.5, 0.6) is 5.75 Å². The standard InChI is InChI=1S/C15H18N4O4/c20-11-3-4-19-12(13(11)21)15(23)18(7-16-19)10-5-9(6-10)17-14(22)8-1-2-8/h3-4,8-10,16,21H,1-2,5-7H2,(H,17,22). The van der Waals surface area contributed by atoms with E-state index in [0.717, 1.165) is 12.8 Å². The van der Waals surface area contributed by atoms with Gasteiger partial charge < -0.3 is 20.7 Å². The molecule has 23 heavy (non-hydrogen) atoms. The SMILES string of the molecule is O=C(NC1CC(N2CNn3ccc(=O)c(O)c3C2=O)C1)C1CC1. The molecule has 3 aliphatic rings. The lowest BCUT2D eigenvalue weighted by molar-refractivity contribution is -0.123. The summed E-state index contributed by atoms with van der Waals surface area (Å²) in [5, 5.41) is 12.9. The number of pyridine rings is 1. The van der Waals surface area contributed by atoms with Crippen molar-refractivity contribution in [3.63, 3.8) is 0 Å². The van der Waals surface area contributed by atoms with Crippen LogP contribution in [-0.2, 0) is 4.79 Å². The summed E-state index contributed by atoms with van der Waals surface area (Å²) >= 11 is 0. The fourth-order valence-electron chi connectivity index (χ4n) is 3.14. The number of hydrogen-bond donors (Lipinski definition) is 3. The van der Waals surface area contributed by atoms with Gasteiger partial charge in [-0.15, -0.1) is 0 Å². The molecule has 0 radical (unpaired) electrons. The third-order valence-electron chi connectivity index (χ3n) is 4.80. The second-order valence-electron chi connectivity index (χ2n) is 6.44. The summed E-state index contributed by atoms with van der Waals surface area (Å²) in [6.07, 6.45) is 4.78. The first-order valence-electron chi connectivity index (χ1n) is 7.84. The molecule has 2 aliphatic carbocycles. The summed E-state index contributed by atoms with van der Waals surface area (Å²) in [5.74, 6) is -0.599. The molecule has 8 heteroatoms. The Labute approximate surface area is 132 Å². The van der Waals surface area contributed by atoms with Crippen LogP contribution in [0.2, 0.25) is 0 Å². The summed E-state index contributed by atoms with van der Waals surface area (Å²) < 4.78 is 1.38. The molecular formula is C15H18N4O4. The lowest BCUT2D eigenvalue weighted by atomic mass is 9.85. The first-order valence-corrected chi connectivity index (χ1v) is 7.84. The Kier molecular flexibility index (Phi) is 3.07. The van der Waals surface area contributed by atoms with Gasteiger partial charge in [0, 0.05) is 30.3 Å². The molecule has 2 fully saturated rings. The van der Waals surface area contributed by atoms with Crippen molar-refractivity contribution >= 4 is 11.8 Å². The topological polar surface area (TPSA) is 104 Å². The van der Waals surface area contributed by atoms with Gasteiger partial charge in [-0.25, -0.2) is 0 Å². The van der Waals surface area contributed by atoms with E-state index in [9.17, 15) is 19.5 Å². The normalized spacial score (nSPS) is 26.1. The van der Waals surface area contributed by atoms with Crippen molar-refractivity contribution in [2.24, 2.45) is 5.92 Å². The van der Waals surface area contributed by atoms with E-state index in [-0.39, 0.29) is 35.5 Å². The summed E-state index contributed by atoms with van der Waals surface area (Å²) in [7, 11) is 0. The molecule has 4 rings (SSSR count). The Balaban J connectivity index is 1.43. The van der Waals surface area contributed by atoms with Crippen molar-refractivity contribution in [3.8, 4) is 5.75 Å². The number of carbonyl (C=O) groups is 2. The van der Waals surface area contributed by atoms with Gasteiger partial charge in [-0.2, -0.15) is 0 Å². The Hall–Kier alpha value is -2.51. The fourth-order valence-corrected chi connectivity index (χ4v) is 3.14. The molecule has 122 valence electrons. The van der Waals surface area contributed by atoms with Crippen molar-refractivity contribution in [2.45, 2.75) is 37.8 Å². The highest BCUT2D eigenvalue weighted by Crippen LogP contribution is 2.32. The minimum absolute atomic E-state index is 0.00274. The first-order chi connectivity index (χ1) is 11.0. The van der Waals surface area contributed by atoms with Gasteiger partial charge in [-0.05, 0) is 25.7 Å². The molecule has 3 N–H and O–H groups in total. The molecule has 0 bridgehead atoms. The number of aromatic nitrogens is 1. The van der Waals surface area contributed by atoms with Crippen LogP contribution in [0, 0.1) is 5.92 Å². The van der Waals surface area contributed by atoms with Crippen molar-refractivity contribution in [1.29, 1.82) is 0 Å². The van der Waals surface area contributed by atoms with E-state index in [2.05, 4.69) is 10.7 Å². The van der Waals surface area contributed by atoms with Crippen molar-refractivity contribution in [2.75, 3.05) is 12.1 Å². The average molecular weight is 318 g/mol. The van der Waals surface area contributed by atoms with Gasteiger partial charge in [-0.1, -0.05) is 0 Å². The smallest absolute Gasteiger partial charge is 0.278 e. The van der Waals surface area contributed by atoms with Crippen LogP contribution in [0.15, 0.2) is 17.1 Å². The minimum Gasteiger partial charge on any atom is -0.502 e. The maximum Gasteiger partial charge on any atom is 0.278 e. The second kappa shape index (κ2) is 5.00. The zero-order valence-corrected chi connectivity index (χ0v) is 12.5. The highest BCUT2D eigenvalue weighted by molar-refractivity contribution is 5.96. The maximum absolute atomic E-state index is 12.5. The molecule has 1 aromatic rings. The van der Waals surface area contributed by atoms with Gasteiger partial charge in [0.25, 0.3) is 5.91 Å². The monoisotopic (exact) mass is 318 g/mol. The van der Waals surface area contributed by atoms with E-state index in [4.69, 9.17) is 0 Å². The molecule has 1 aliphatic heterocycles. The van der Waals surface area contributed by atoms with Gasteiger partial charge in [0.2, 0.25) is 11.3 Å². The summed E-state index contributed by atoms with van der Waals surface area (Å²) in [6.45, 7) is 0.308. The average Bonchev–Trinajstić information content (AvgIpc) is 3.32. The second-order valence-corrected chi connectivity index (χ2v) is 6.44. The van der Waals surface area contributed by atoms with Crippen LogP contribution < -0.4 is 16.2 Å². The third-order valence-corrected chi connectivity index (χ3v) is 4.80. The Bertz CT molecular complexity index is 733. The molecule has 0 unspecified atom stereocenters. The summed E-state index contributed by atoms with van der Waals surface area (Å²) in [6, 6.07) is 1.32. The van der Waals surface area contributed by atoms with Crippen LogP contribution in [0.25, 0.3) is 0 Å². The number of rotatable bonds is 3. The molecule has 8 nitrogen and oxygen atoms in total. The van der Waals surface area contributed by atoms with Crippen LogP contribution in [-0.4, -0.2) is 45.2 Å². The molecule has 0 aromatic carbocycles. The quantitative estimate of drug-likeness (QED) is 0.701. The number of aromatic hydroxyl groups is 1. The molecule has 0 saturated heterocycles. The van der Waals surface area contributed by atoms with E-state index in [1.165, 1.54) is 16.9 Å². The largest absolute Gasteiger partial charge is 0.502 e. The van der Waals surface area contributed by atoms with E-state index in [0.29, 0.717) is 19.5 Å². The van der Waals surface area contributed by atoms with Gasteiger partial charge >= 0.3 is 0 Å². The van der Waals surface area contributed by atoms with E-state index >= 15 is 0 Å². The number of hydrogen-bond acceptors (Lipinski definition) is 5. The molecular weight excluding hydrogens is 300 g/mol. The predicted molar refractivity (Wildman–Crippen MR) is 80.4 cm³/mol. The lowest BCUT2D eigenvalue weighted by Crippen LogP contribution is -2.59. The molecule has 1 aromatic heterocycles. The van der Waals surface area contributed by atoms with Gasteiger partial charge in [0.05, 0.1) is 0 Å². The number of fused-ring (bicyclic) bond motifs is 1. The molecule has 2 amide bonds. The molecule has 2 heterocycles. The molecule has 2 saturated carbocycles. The van der Waals surface area contributed by atoms with E-state index in [1.807, 2.05) is 0 Å². The Morgan fingerprint density at radius 3 is 2.74 bits per heavy atom. The van der Waals surface area contributed by atoms with Crippen molar-refractivity contribution in [1.82, 2.24) is 14.9 Å². The van der Waals surface area contributed by atoms with E-state index < -0.39 is 11.2 Å². The maximum atomic E-state index is 12.5. The van der Waals surface area contributed by atoms with Crippen LogP contribution in [0.3, 0.4) is 0 Å². The highest BCUT2D eigenvalue weighted by atomic mass is 16.3. The zero-order chi connectivity index (χ0) is 16.1. The zero-order valence-electron chi connectivity index (χ0n) is 12.5. The molecule has 0 spiro atoms. The van der Waals surface area contributed by atoms with Gasteiger partial charge in [-0.3, -0.25) is 19.1 Å². The third kappa shape index (κ3) is 2.34.